The molecule has 0 spiro atoms. The molecule has 2 aromatic rings. The van der Waals surface area contributed by atoms with E-state index in [9.17, 15) is 9.59 Å². The molecule has 0 unspecified atom stereocenters. The van der Waals surface area contributed by atoms with E-state index in [2.05, 4.69) is 34.1 Å². The topological polar surface area (TPSA) is 113 Å². The maximum absolute atomic E-state index is 15.4. The lowest BCUT2D eigenvalue weighted by molar-refractivity contribution is 0.0101. The number of anilines is 1. The van der Waals surface area contributed by atoms with Gasteiger partial charge in [-0.1, -0.05) is 12.1 Å². The van der Waals surface area contributed by atoms with Crippen LogP contribution in [0.4, 0.5) is 14.9 Å². The summed E-state index contributed by atoms with van der Waals surface area (Å²) < 4.78 is 26.1. The van der Waals surface area contributed by atoms with Gasteiger partial charge in [-0.05, 0) is 58.1 Å². The van der Waals surface area contributed by atoms with E-state index in [1.165, 1.54) is 13.2 Å². The molecular weight excluding hydrogens is 469 g/mol. The average molecular weight is 504 g/mol. The first kappa shape index (κ1) is 25.7. The van der Waals surface area contributed by atoms with Crippen LogP contribution in [-0.4, -0.2) is 65.3 Å². The highest BCUT2D eigenvalue weighted by molar-refractivity contribution is 6.07. The monoisotopic (exact) mass is 503 g/mol. The number of hydrogen-bond acceptors (Lipinski definition) is 8. The molecule has 0 bridgehead atoms. The summed E-state index contributed by atoms with van der Waals surface area (Å²) in [5.74, 6) is -0.720. The van der Waals surface area contributed by atoms with E-state index >= 15 is 4.39 Å². The van der Waals surface area contributed by atoms with Gasteiger partial charge in [0.15, 0.2) is 0 Å². The average Bonchev–Trinajstić information content (AvgIpc) is 3.24. The second-order valence-corrected chi connectivity index (χ2v) is 10.5. The molecule has 2 aliphatic rings. The number of carbonyl (C=O) groups is 1. The molecule has 1 fully saturated rings. The third-order valence-corrected chi connectivity index (χ3v) is 6.88. The summed E-state index contributed by atoms with van der Waals surface area (Å²) in [5, 5.41) is 10.1. The number of H-pyrrole nitrogens is 1. The molecule has 0 aliphatic carbocycles. The predicted octanol–water partition coefficient (Wildman–Crippen LogP) is 4.01. The first-order valence-corrected chi connectivity index (χ1v) is 12.2. The minimum Gasteiger partial charge on any atom is -0.444 e. The van der Waals surface area contributed by atoms with Gasteiger partial charge in [0.2, 0.25) is 5.89 Å². The molecule has 10 nitrogen and oxygen atoms in total. The van der Waals surface area contributed by atoms with E-state index in [1.807, 2.05) is 20.8 Å². The van der Waals surface area contributed by atoms with Crippen LogP contribution in [0.3, 0.4) is 0 Å². The second-order valence-electron chi connectivity index (χ2n) is 10.5. The molecule has 36 heavy (non-hydrogen) atoms. The fourth-order valence-corrected chi connectivity index (χ4v) is 5.28. The van der Waals surface area contributed by atoms with Crippen molar-refractivity contribution in [1.82, 2.24) is 15.1 Å². The molecule has 11 heteroatoms. The summed E-state index contributed by atoms with van der Waals surface area (Å²) in [6, 6.07) is 3.11. The maximum Gasteiger partial charge on any atom is 0.434 e. The van der Waals surface area contributed by atoms with Crippen molar-refractivity contribution in [3.05, 3.63) is 34.1 Å². The van der Waals surface area contributed by atoms with E-state index in [0.29, 0.717) is 48.6 Å². The van der Waals surface area contributed by atoms with Gasteiger partial charge in [-0.3, -0.25) is 0 Å². The molecule has 1 aromatic carbocycles. The molecule has 196 valence electrons. The Labute approximate surface area is 209 Å². The number of nitrogens with zero attached hydrogens (tertiary/aromatic N) is 4. The van der Waals surface area contributed by atoms with Crippen molar-refractivity contribution < 1.29 is 23.2 Å². The number of benzene rings is 1. The number of amides is 1. The Balaban J connectivity index is 1.62. The molecule has 1 amide bonds. The number of nitrogens with one attached hydrogen (secondary N) is 1. The molecule has 2 aliphatic heterocycles. The van der Waals surface area contributed by atoms with E-state index in [0.717, 1.165) is 6.42 Å². The summed E-state index contributed by atoms with van der Waals surface area (Å²) in [6.07, 6.45) is 1.02. The fourth-order valence-electron chi connectivity index (χ4n) is 5.28. The molecule has 0 saturated carbocycles. The van der Waals surface area contributed by atoms with Crippen LogP contribution in [0, 0.1) is 17.7 Å². The fraction of sp³-hybridized carbons (Fsp3) is 0.600. The van der Waals surface area contributed by atoms with Crippen molar-refractivity contribution in [2.75, 3.05) is 31.6 Å². The van der Waals surface area contributed by atoms with Crippen LogP contribution in [0.5, 0.6) is 0 Å². The van der Waals surface area contributed by atoms with E-state index in [4.69, 9.17) is 14.0 Å². The van der Waals surface area contributed by atoms with Crippen LogP contribution in [0.1, 0.15) is 53.0 Å². The van der Waals surface area contributed by atoms with Gasteiger partial charge in [-0.2, -0.15) is 0 Å². The van der Waals surface area contributed by atoms with Crippen molar-refractivity contribution in [3.63, 3.8) is 0 Å². The number of ether oxygens (including phenoxy) is 1. The van der Waals surface area contributed by atoms with Crippen molar-refractivity contribution in [1.29, 1.82) is 0 Å². The van der Waals surface area contributed by atoms with Gasteiger partial charge in [-0.25, -0.2) is 19.1 Å². The van der Waals surface area contributed by atoms with Crippen LogP contribution in [0.25, 0.3) is 11.5 Å². The van der Waals surface area contributed by atoms with Crippen LogP contribution >= 0.6 is 0 Å². The Morgan fingerprint density at radius 2 is 2.08 bits per heavy atom. The van der Waals surface area contributed by atoms with Crippen LogP contribution in [-0.2, 0) is 9.57 Å². The number of hydrogen-bond donors (Lipinski definition) is 1. The molecule has 3 heterocycles. The first-order valence-electron chi connectivity index (χ1n) is 12.2. The van der Waals surface area contributed by atoms with Crippen LogP contribution < -0.4 is 10.7 Å². The van der Waals surface area contributed by atoms with E-state index < -0.39 is 17.2 Å². The third-order valence-electron chi connectivity index (χ3n) is 6.88. The number of aromatic amines is 1. The highest BCUT2D eigenvalue weighted by Gasteiger charge is 2.38. The minimum absolute atomic E-state index is 0.0177. The zero-order valence-corrected chi connectivity index (χ0v) is 21.6. The summed E-state index contributed by atoms with van der Waals surface area (Å²) in [7, 11) is 1.44. The molecule has 1 N–H and O–H groups in total. The van der Waals surface area contributed by atoms with E-state index in [-0.39, 0.29) is 29.9 Å². The summed E-state index contributed by atoms with van der Waals surface area (Å²) in [6.45, 7) is 11.6. The van der Waals surface area contributed by atoms with E-state index in [1.54, 1.807) is 11.0 Å². The van der Waals surface area contributed by atoms with Crippen molar-refractivity contribution >= 4 is 17.5 Å². The minimum atomic E-state index is -0.708. The Bertz CT molecular complexity index is 1200. The van der Waals surface area contributed by atoms with Crippen molar-refractivity contribution in [2.45, 2.75) is 59.1 Å². The van der Waals surface area contributed by atoms with Gasteiger partial charge in [0.25, 0.3) is 0 Å². The molecule has 3 atom stereocenters. The smallest absolute Gasteiger partial charge is 0.434 e. The highest BCUT2D eigenvalue weighted by Crippen LogP contribution is 2.39. The molecule has 1 saturated heterocycles. The normalized spacial score (nSPS) is 22.4. The first-order chi connectivity index (χ1) is 17.0. The van der Waals surface area contributed by atoms with Crippen LogP contribution in [0.15, 0.2) is 26.5 Å². The SMILES string of the molecule is CO/N=C1\CCN([C@@H](C)[C@H]2CCN(C(=O)OC(C)(C)C)C[C@H]2C)c2cc(-c3n[nH]c(=O)o3)cc(F)c21. The molecule has 4 rings (SSSR count). The van der Waals surface area contributed by atoms with Crippen molar-refractivity contribution in [3.8, 4) is 11.5 Å². The van der Waals surface area contributed by atoms with Crippen LogP contribution in [0.2, 0.25) is 0 Å². The largest absolute Gasteiger partial charge is 0.444 e. The zero-order chi connectivity index (χ0) is 26.2. The van der Waals surface area contributed by atoms with Gasteiger partial charge >= 0.3 is 11.8 Å². The number of carbonyl (C=O) groups excluding carboxylic acids is 1. The molecule has 0 radical (unpaired) electrons. The van der Waals surface area contributed by atoms with Crippen molar-refractivity contribution in [2.24, 2.45) is 17.0 Å². The summed E-state index contributed by atoms with van der Waals surface area (Å²) >= 11 is 0. The Morgan fingerprint density at radius 1 is 1.33 bits per heavy atom. The Morgan fingerprint density at radius 3 is 2.69 bits per heavy atom. The van der Waals surface area contributed by atoms with Gasteiger partial charge in [0, 0.05) is 43.3 Å². The number of halogens is 1. The quantitative estimate of drug-likeness (QED) is 0.627. The third kappa shape index (κ3) is 5.24. The summed E-state index contributed by atoms with van der Waals surface area (Å²) in [5.41, 5.74) is 1.35. The number of fused-ring (bicyclic) bond motifs is 1. The number of piperidine rings is 1. The standard InChI is InChI=1S/C25H34FN5O5/c1-14-13-30(24(33)36-25(3,4)5)9-7-17(14)15(2)31-10-8-19(29-34-6)21-18(26)11-16(12-20(21)31)22-27-28-23(32)35-22/h11-12,14-15,17H,7-10,13H2,1-6H3,(H,28,32)/b29-19+/t14-,15+,17+/m1/s1. The van der Waals surface area contributed by atoms with Gasteiger partial charge in [-0.15, -0.1) is 5.10 Å². The number of aromatic nitrogens is 2. The lowest BCUT2D eigenvalue weighted by atomic mass is 9.80. The Hall–Kier alpha value is -3.37. The number of oxime groups is 1. The number of rotatable bonds is 4. The lowest BCUT2D eigenvalue weighted by Gasteiger charge is -2.45. The second kappa shape index (κ2) is 9.94. The van der Waals surface area contributed by atoms with Gasteiger partial charge in [0.1, 0.15) is 18.5 Å². The Kier molecular flexibility index (Phi) is 7.10. The van der Waals surface area contributed by atoms with Gasteiger partial charge in [0.05, 0.1) is 11.3 Å². The van der Waals surface area contributed by atoms with Gasteiger partial charge < -0.3 is 23.8 Å². The summed E-state index contributed by atoms with van der Waals surface area (Å²) in [4.78, 5) is 33.0. The molecular formula is C25H34FN5O5. The lowest BCUT2D eigenvalue weighted by Crippen LogP contribution is -2.52. The highest BCUT2D eigenvalue weighted by atomic mass is 19.1. The number of likely N-dealkylation sites (tertiary alicyclic amines) is 1. The zero-order valence-electron chi connectivity index (χ0n) is 21.6. The predicted molar refractivity (Wildman–Crippen MR) is 133 cm³/mol. The molecule has 1 aromatic heterocycles. The maximum atomic E-state index is 15.4.